The molecule has 0 saturated carbocycles. The van der Waals surface area contributed by atoms with E-state index in [2.05, 4.69) is 33.8 Å². The third-order valence-corrected chi connectivity index (χ3v) is 4.06. The summed E-state index contributed by atoms with van der Waals surface area (Å²) in [5.74, 6) is 6.21. The Morgan fingerprint density at radius 1 is 1.55 bits per heavy atom. The zero-order valence-electron chi connectivity index (χ0n) is 12.3. The topological polar surface area (TPSA) is 29.5 Å². The van der Waals surface area contributed by atoms with Gasteiger partial charge in [-0.25, -0.2) is 6.08 Å². The Kier molecular flexibility index (Phi) is 8.14. The third-order valence-electron chi connectivity index (χ3n) is 3.07. The normalized spacial score (nSPS) is 17.1. The number of nitrogens with zero attached hydrogens (tertiary/aromatic N) is 1. The number of allylic oxidation sites excluding steroid dienone is 1. The molecule has 6 heteroatoms. The molecule has 0 aromatic heterocycles. The summed E-state index contributed by atoms with van der Waals surface area (Å²) in [6, 6.07) is 5.59. The maximum atomic E-state index is 11.9. The van der Waals surface area contributed by atoms with Gasteiger partial charge in [0.05, 0.1) is 0 Å². The van der Waals surface area contributed by atoms with Gasteiger partial charge >= 0.3 is 0 Å². The van der Waals surface area contributed by atoms with Crippen LogP contribution in [-0.2, 0) is 37.5 Å². The second-order valence-electron chi connectivity index (χ2n) is 4.45. The molecule has 2 rings (SSSR count). The molecule has 0 bridgehead atoms. The maximum Gasteiger partial charge on any atom is 0.240 e. The van der Waals surface area contributed by atoms with Crippen LogP contribution in [0, 0.1) is 17.9 Å². The van der Waals surface area contributed by atoms with Gasteiger partial charge in [0, 0.05) is 39.8 Å². The number of alkyl halides is 1. The first-order valence-electron chi connectivity index (χ1n) is 6.39. The third kappa shape index (κ3) is 4.58. The number of carbonyl (C=O) groups is 1. The zero-order chi connectivity index (χ0) is 15.4. The minimum absolute atomic E-state index is 0. The van der Waals surface area contributed by atoms with Crippen molar-refractivity contribution < 1.29 is 42.2 Å². The molecule has 1 heterocycles. The zero-order valence-corrected chi connectivity index (χ0v) is 17.5. The van der Waals surface area contributed by atoms with Gasteiger partial charge in [0.25, 0.3) is 0 Å². The van der Waals surface area contributed by atoms with Gasteiger partial charge < -0.3 is 9.64 Å². The van der Waals surface area contributed by atoms with Gasteiger partial charge in [-0.3, -0.25) is 4.79 Å². The van der Waals surface area contributed by atoms with Crippen molar-refractivity contribution in [2.45, 2.75) is 18.7 Å². The Morgan fingerprint density at radius 3 is 2.91 bits per heavy atom. The van der Waals surface area contributed by atoms with Crippen molar-refractivity contribution in [1.29, 1.82) is 0 Å². The van der Waals surface area contributed by atoms with Crippen molar-refractivity contribution in [2.75, 3.05) is 13.7 Å². The molecule has 0 spiro atoms. The minimum Gasteiger partial charge on any atom is -0.481 e. The van der Waals surface area contributed by atoms with Gasteiger partial charge in [-0.05, 0) is 19.1 Å². The first-order valence-corrected chi connectivity index (χ1v) is 7.62. The Balaban J connectivity index is 0.00000242. The summed E-state index contributed by atoms with van der Waals surface area (Å²) < 4.78 is 6.33. The molecular weight excluding hydrogens is 442 g/mol. The Hall–Kier alpha value is -0.336. The fourth-order valence-electron chi connectivity index (χ4n) is 1.96. The number of halogens is 2. The van der Waals surface area contributed by atoms with E-state index >= 15 is 0 Å². The van der Waals surface area contributed by atoms with Crippen molar-refractivity contribution in [3.8, 4) is 17.6 Å². The monoisotopic (exact) mass is 455 g/mol. The van der Waals surface area contributed by atoms with Gasteiger partial charge in [-0.1, -0.05) is 32.7 Å². The second-order valence-corrected chi connectivity index (χ2v) is 5.83. The molecule has 0 fully saturated rings. The number of rotatable bonds is 3. The molecule has 1 amide bonds. The molecule has 3 nitrogen and oxygen atoms in total. The van der Waals surface area contributed by atoms with Crippen LogP contribution in [0.4, 0.5) is 0 Å². The van der Waals surface area contributed by atoms with E-state index in [1.165, 1.54) is 4.90 Å². The van der Waals surface area contributed by atoms with Crippen LogP contribution < -0.4 is 4.74 Å². The first-order chi connectivity index (χ1) is 10.0. The van der Waals surface area contributed by atoms with E-state index in [4.69, 9.17) is 16.3 Å². The number of carbonyl (C=O) groups excluding carboxylic acids is 1. The largest absolute Gasteiger partial charge is 0.481 e. The predicted octanol–water partition coefficient (Wildman–Crippen LogP) is 3.46. The van der Waals surface area contributed by atoms with Gasteiger partial charge in [0.1, 0.15) is 17.7 Å². The molecule has 22 heavy (non-hydrogen) atoms. The van der Waals surface area contributed by atoms with Crippen LogP contribution in [0.15, 0.2) is 22.7 Å². The van der Waals surface area contributed by atoms with Gasteiger partial charge in [0.15, 0.2) is 0 Å². The van der Waals surface area contributed by atoms with Crippen LogP contribution in [0.5, 0.6) is 5.75 Å². The van der Waals surface area contributed by atoms with Crippen LogP contribution >= 0.6 is 27.5 Å². The van der Waals surface area contributed by atoms with E-state index in [9.17, 15) is 4.79 Å². The predicted molar refractivity (Wildman–Crippen MR) is 86.8 cm³/mol. The van der Waals surface area contributed by atoms with Crippen molar-refractivity contribution in [1.82, 2.24) is 4.90 Å². The summed E-state index contributed by atoms with van der Waals surface area (Å²) in [4.78, 5) is 13.5. The Labute approximate surface area is 169 Å². The molecule has 1 aliphatic rings. The van der Waals surface area contributed by atoms with E-state index in [1.54, 1.807) is 14.0 Å². The molecule has 113 valence electrons. The van der Waals surface area contributed by atoms with Crippen LogP contribution in [-0.4, -0.2) is 29.8 Å². The number of amides is 1. The van der Waals surface area contributed by atoms with Crippen LogP contribution in [0.25, 0.3) is 5.70 Å². The van der Waals surface area contributed by atoms with E-state index in [0.29, 0.717) is 18.8 Å². The number of benzene rings is 1. The average molecular weight is 457 g/mol. The summed E-state index contributed by atoms with van der Waals surface area (Å²) in [5, 5.41) is -0.534. The molecule has 1 atom stereocenters. The smallest absolute Gasteiger partial charge is 0.240 e. The van der Waals surface area contributed by atoms with Gasteiger partial charge in [-0.2, -0.15) is 0 Å². The van der Waals surface area contributed by atoms with Crippen LogP contribution in [0.3, 0.4) is 0 Å². The standard InChI is InChI=1S/C16H14BrClNO2.Y/c1-3-4-9-21-11-5-6-12(13(17)10-11)15-8-7-14(18)16(20)19(15)2;/h5-6,10,14H,7,9H2,1-2H3;/q-1;. The molecular formula is C16H14BrClNO2Y-. The molecule has 0 N–H and O–H groups in total. The van der Waals surface area contributed by atoms with E-state index in [0.717, 1.165) is 15.7 Å². The quantitative estimate of drug-likeness (QED) is 0.396. The van der Waals surface area contributed by atoms with E-state index in [-0.39, 0.29) is 38.6 Å². The number of hydrogen-bond donors (Lipinski definition) is 0. The minimum atomic E-state index is -0.534. The summed E-state index contributed by atoms with van der Waals surface area (Å²) in [6.07, 6.45) is 3.59. The fraction of sp³-hybridized carbons (Fsp3) is 0.312. The number of hydrogen-bond acceptors (Lipinski definition) is 2. The molecule has 1 aromatic rings. The van der Waals surface area contributed by atoms with Gasteiger partial charge in [0.2, 0.25) is 5.91 Å². The Bertz CT molecular complexity index is 651. The van der Waals surface area contributed by atoms with Crippen molar-refractivity contribution in [3.05, 3.63) is 34.3 Å². The molecule has 0 aliphatic carbocycles. The molecule has 1 aromatic carbocycles. The van der Waals surface area contributed by atoms with E-state index < -0.39 is 5.38 Å². The van der Waals surface area contributed by atoms with Crippen LogP contribution in [0.2, 0.25) is 0 Å². The summed E-state index contributed by atoms with van der Waals surface area (Å²) in [6.45, 7) is 2.12. The summed E-state index contributed by atoms with van der Waals surface area (Å²) >= 11 is 9.45. The Morgan fingerprint density at radius 2 is 2.27 bits per heavy atom. The van der Waals surface area contributed by atoms with Crippen molar-refractivity contribution in [2.24, 2.45) is 0 Å². The van der Waals surface area contributed by atoms with Crippen LogP contribution in [0.1, 0.15) is 18.9 Å². The van der Waals surface area contributed by atoms with Crippen molar-refractivity contribution >= 4 is 39.1 Å². The van der Waals surface area contributed by atoms with Crippen molar-refractivity contribution in [3.63, 3.8) is 0 Å². The van der Waals surface area contributed by atoms with E-state index in [1.807, 2.05) is 18.2 Å². The first kappa shape index (κ1) is 19.7. The summed E-state index contributed by atoms with van der Waals surface area (Å²) in [5.41, 5.74) is 1.60. The molecule has 1 aliphatic heterocycles. The molecule has 0 saturated heterocycles. The fourth-order valence-corrected chi connectivity index (χ4v) is 2.73. The van der Waals surface area contributed by atoms with Gasteiger partial charge in [-0.15, -0.1) is 34.8 Å². The average Bonchev–Trinajstić information content (AvgIpc) is 2.46. The summed E-state index contributed by atoms with van der Waals surface area (Å²) in [7, 11) is 1.70. The second kappa shape index (κ2) is 9.08. The SMILES string of the molecule is CC#CCOc1ccc(C2=[C-]CC(Cl)C(=O)N2C)c(Br)c1.[Y]. The maximum absolute atomic E-state index is 11.9. The molecule has 1 unspecified atom stereocenters. The number of ether oxygens (including phenoxy) is 1. The molecule has 1 radical (unpaired) electrons.